The second-order valence-corrected chi connectivity index (χ2v) is 7.80. The van der Waals surface area contributed by atoms with Gasteiger partial charge in [0.2, 0.25) is 0 Å². The zero-order valence-corrected chi connectivity index (χ0v) is 17.3. The van der Waals surface area contributed by atoms with E-state index in [0.29, 0.717) is 28.7 Å². The predicted molar refractivity (Wildman–Crippen MR) is 114 cm³/mol. The van der Waals surface area contributed by atoms with E-state index in [1.165, 1.54) is 0 Å². The summed E-state index contributed by atoms with van der Waals surface area (Å²) in [5, 5.41) is 22.3. The van der Waals surface area contributed by atoms with Crippen LogP contribution >= 0.6 is 11.6 Å². The first-order valence-corrected chi connectivity index (χ1v) is 10.3. The molecule has 1 aromatic heterocycles. The van der Waals surface area contributed by atoms with Crippen LogP contribution in [0.25, 0.3) is 5.57 Å². The van der Waals surface area contributed by atoms with E-state index in [1.54, 1.807) is 13.0 Å². The number of hydrogen-bond acceptors (Lipinski definition) is 7. The number of benzene rings is 1. The predicted octanol–water partition coefficient (Wildman–Crippen LogP) is 2.62. The van der Waals surface area contributed by atoms with Crippen molar-refractivity contribution >= 4 is 28.8 Å². The lowest BCUT2D eigenvalue weighted by molar-refractivity contribution is -0.116. The molecule has 0 unspecified atom stereocenters. The standard InChI is InChI=1S/C21H23ClN6O2/c1-12(23)19(20-25-16(11-18(29)27-20)13-6-8-24-9-7-13)21-26-17(28-30-21)10-14-4-2-3-5-15(14)22/h2-5,11,13,23-25H,6-10H2,1H3,(H,27,29)/b20-19-,23-12?. The Morgan fingerprint density at radius 3 is 2.77 bits per heavy atom. The normalized spacial score (nSPS) is 19.0. The van der Waals surface area contributed by atoms with E-state index in [4.69, 9.17) is 21.5 Å². The number of halogens is 1. The van der Waals surface area contributed by atoms with Gasteiger partial charge in [0.05, 0.1) is 0 Å². The number of piperidine rings is 1. The van der Waals surface area contributed by atoms with Crippen molar-refractivity contribution in [3.63, 3.8) is 0 Å². The number of carbonyl (C=O) groups is 1. The van der Waals surface area contributed by atoms with Gasteiger partial charge in [-0.05, 0) is 44.5 Å². The van der Waals surface area contributed by atoms with Crippen molar-refractivity contribution in [1.82, 2.24) is 26.1 Å². The molecule has 1 fully saturated rings. The van der Waals surface area contributed by atoms with E-state index in [9.17, 15) is 4.79 Å². The van der Waals surface area contributed by atoms with E-state index in [0.717, 1.165) is 37.2 Å². The van der Waals surface area contributed by atoms with Gasteiger partial charge in [-0.25, -0.2) is 0 Å². The van der Waals surface area contributed by atoms with Gasteiger partial charge >= 0.3 is 0 Å². The van der Waals surface area contributed by atoms with E-state index < -0.39 is 0 Å². The van der Waals surface area contributed by atoms with E-state index in [-0.39, 0.29) is 23.4 Å². The second kappa shape index (κ2) is 8.81. The smallest absolute Gasteiger partial charge is 0.263 e. The van der Waals surface area contributed by atoms with Gasteiger partial charge in [0.25, 0.3) is 11.8 Å². The number of amides is 1. The van der Waals surface area contributed by atoms with Crippen molar-refractivity contribution in [3.8, 4) is 0 Å². The molecule has 9 heteroatoms. The molecule has 2 aromatic rings. The minimum absolute atomic E-state index is 0.180. The molecule has 0 aliphatic carbocycles. The second-order valence-electron chi connectivity index (χ2n) is 7.40. The van der Waals surface area contributed by atoms with Gasteiger partial charge in [-0.15, -0.1) is 0 Å². The van der Waals surface area contributed by atoms with Gasteiger partial charge in [0.1, 0.15) is 11.4 Å². The molecule has 3 heterocycles. The molecule has 30 heavy (non-hydrogen) atoms. The number of nitrogens with zero attached hydrogens (tertiary/aromatic N) is 2. The summed E-state index contributed by atoms with van der Waals surface area (Å²) >= 11 is 6.22. The summed E-state index contributed by atoms with van der Waals surface area (Å²) in [6.45, 7) is 3.45. The third-order valence-electron chi connectivity index (χ3n) is 5.20. The molecule has 0 atom stereocenters. The number of nitrogens with one attached hydrogen (secondary N) is 4. The van der Waals surface area contributed by atoms with Gasteiger partial charge in [-0.1, -0.05) is 35.0 Å². The Morgan fingerprint density at radius 2 is 2.03 bits per heavy atom. The average Bonchev–Trinajstić information content (AvgIpc) is 3.18. The third-order valence-corrected chi connectivity index (χ3v) is 5.57. The van der Waals surface area contributed by atoms with Crippen molar-refractivity contribution < 1.29 is 9.32 Å². The van der Waals surface area contributed by atoms with Crippen LogP contribution in [0.15, 0.2) is 46.4 Å². The molecule has 0 saturated carbocycles. The monoisotopic (exact) mass is 426 g/mol. The minimum Gasteiger partial charge on any atom is -0.344 e. The first-order valence-electron chi connectivity index (χ1n) is 9.87. The van der Waals surface area contributed by atoms with E-state index in [2.05, 4.69) is 26.1 Å². The van der Waals surface area contributed by atoms with Crippen molar-refractivity contribution in [3.05, 3.63) is 64.2 Å². The zero-order valence-electron chi connectivity index (χ0n) is 16.6. The van der Waals surface area contributed by atoms with Crippen LogP contribution in [-0.4, -0.2) is 34.8 Å². The maximum Gasteiger partial charge on any atom is 0.263 e. The van der Waals surface area contributed by atoms with E-state index in [1.807, 2.05) is 24.3 Å². The van der Waals surface area contributed by atoms with Gasteiger partial charge < -0.3 is 25.9 Å². The van der Waals surface area contributed by atoms with Crippen molar-refractivity contribution in [2.24, 2.45) is 5.92 Å². The number of rotatable bonds is 5. The summed E-state index contributed by atoms with van der Waals surface area (Å²) in [7, 11) is 0. The minimum atomic E-state index is -0.230. The molecule has 4 N–H and O–H groups in total. The van der Waals surface area contributed by atoms with Gasteiger partial charge in [0, 0.05) is 34.8 Å². The Balaban J connectivity index is 1.62. The largest absolute Gasteiger partial charge is 0.344 e. The van der Waals surface area contributed by atoms with Crippen molar-refractivity contribution in [1.29, 1.82) is 5.41 Å². The highest BCUT2D eigenvalue weighted by atomic mass is 35.5. The van der Waals surface area contributed by atoms with Crippen LogP contribution in [0.3, 0.4) is 0 Å². The fourth-order valence-corrected chi connectivity index (χ4v) is 3.89. The topological polar surface area (TPSA) is 116 Å². The van der Waals surface area contributed by atoms with Crippen LogP contribution < -0.4 is 16.0 Å². The van der Waals surface area contributed by atoms with Crippen molar-refractivity contribution in [2.75, 3.05) is 13.1 Å². The number of aromatic nitrogens is 2. The molecule has 4 rings (SSSR count). The fourth-order valence-electron chi connectivity index (χ4n) is 3.68. The van der Waals surface area contributed by atoms with Gasteiger partial charge in [-0.3, -0.25) is 4.79 Å². The average molecular weight is 427 g/mol. The Kier molecular flexibility index (Phi) is 5.96. The summed E-state index contributed by atoms with van der Waals surface area (Å²) in [4.78, 5) is 16.8. The lowest BCUT2D eigenvalue weighted by atomic mass is 9.93. The quantitative estimate of drug-likeness (QED) is 0.546. The Morgan fingerprint density at radius 1 is 1.27 bits per heavy atom. The first-order chi connectivity index (χ1) is 14.5. The SMILES string of the molecule is CC(=N)/C(=C1/NC(=O)C=C(C2CCNCC2)N1)c1nc(Cc2ccccc2Cl)no1. The van der Waals surface area contributed by atoms with Crippen LogP contribution in [0, 0.1) is 11.3 Å². The maximum absolute atomic E-state index is 12.3. The zero-order chi connectivity index (χ0) is 21.1. The Labute approximate surface area is 179 Å². The van der Waals surface area contributed by atoms with Crippen LogP contribution in [0.1, 0.15) is 37.0 Å². The lowest BCUT2D eigenvalue weighted by Gasteiger charge is -2.30. The molecule has 0 spiro atoms. The molecule has 1 aromatic carbocycles. The summed E-state index contributed by atoms with van der Waals surface area (Å²) in [6.07, 6.45) is 3.89. The highest BCUT2D eigenvalue weighted by Gasteiger charge is 2.27. The van der Waals surface area contributed by atoms with Gasteiger partial charge in [-0.2, -0.15) is 4.98 Å². The number of hydrogen-bond donors (Lipinski definition) is 4. The lowest BCUT2D eigenvalue weighted by Crippen LogP contribution is -2.41. The number of allylic oxidation sites excluding steroid dienone is 2. The summed E-state index contributed by atoms with van der Waals surface area (Å²) in [5.74, 6) is 1.06. The van der Waals surface area contributed by atoms with Crippen molar-refractivity contribution in [2.45, 2.75) is 26.2 Å². The maximum atomic E-state index is 12.3. The highest BCUT2D eigenvalue weighted by molar-refractivity contribution is 6.31. The molecule has 1 amide bonds. The Bertz CT molecular complexity index is 1040. The third kappa shape index (κ3) is 4.44. The van der Waals surface area contributed by atoms with Crippen LogP contribution in [-0.2, 0) is 11.2 Å². The molecule has 0 bridgehead atoms. The molecule has 0 radical (unpaired) electrons. The summed E-state index contributed by atoms with van der Waals surface area (Å²) < 4.78 is 5.45. The van der Waals surface area contributed by atoms with Crippen LogP contribution in [0.4, 0.5) is 0 Å². The fraction of sp³-hybridized carbons (Fsp3) is 0.333. The van der Waals surface area contributed by atoms with Gasteiger partial charge in [0.15, 0.2) is 5.82 Å². The van der Waals surface area contributed by atoms with E-state index >= 15 is 0 Å². The number of carbonyl (C=O) groups excluding carboxylic acids is 1. The van der Waals surface area contributed by atoms with Crippen LogP contribution in [0.2, 0.25) is 5.02 Å². The molecule has 2 aliphatic heterocycles. The molecule has 156 valence electrons. The summed E-state index contributed by atoms with van der Waals surface area (Å²) in [5.41, 5.74) is 2.32. The molecular formula is C21H23ClN6O2. The molecule has 2 aliphatic rings. The highest BCUT2D eigenvalue weighted by Crippen LogP contribution is 2.25. The molecular weight excluding hydrogens is 404 g/mol. The summed E-state index contributed by atoms with van der Waals surface area (Å²) in [6, 6.07) is 7.47. The molecule has 1 saturated heterocycles. The van der Waals surface area contributed by atoms with Crippen LogP contribution in [0.5, 0.6) is 0 Å². The molecule has 8 nitrogen and oxygen atoms in total. The first kappa shape index (κ1) is 20.3. The Hall–Kier alpha value is -2.97.